The number of benzene rings is 2. The lowest BCUT2D eigenvalue weighted by Gasteiger charge is -2.06. The maximum Gasteiger partial charge on any atom is 0.170 e. The number of hydrogen-bond acceptors (Lipinski definition) is 2. The molecule has 0 saturated heterocycles. The molecular weight excluding hydrogens is 476 g/mol. The number of carbonyl (C=O) groups is 2. The minimum atomic E-state index is -0.0895. The first-order chi connectivity index (χ1) is 19.1. The Hall–Kier alpha value is -2.22. The summed E-state index contributed by atoms with van der Waals surface area (Å²) < 4.78 is 0. The van der Waals surface area contributed by atoms with Gasteiger partial charge in [0.25, 0.3) is 0 Å². The Kier molecular flexibility index (Phi) is 18.3. The van der Waals surface area contributed by atoms with Crippen LogP contribution in [0.15, 0.2) is 48.5 Å². The molecule has 0 aliphatic heterocycles. The fourth-order valence-corrected chi connectivity index (χ4v) is 5.34. The standard InChI is InChI=1S/C37H56O2/c1-3-5-7-9-11-13-15-17-19-21-32-23-27-34(28-24-32)36(38)31-37(39)35-29-25-33(26-30-35)22-20-18-16-14-12-10-8-6-4-2/h23-30H,3-22,31H2,1-2H3. The van der Waals surface area contributed by atoms with Crippen LogP contribution in [0.2, 0.25) is 0 Å². The van der Waals surface area contributed by atoms with Gasteiger partial charge in [0.05, 0.1) is 6.42 Å². The highest BCUT2D eigenvalue weighted by Gasteiger charge is 2.14. The number of hydrogen-bond donors (Lipinski definition) is 0. The Balaban J connectivity index is 1.61. The van der Waals surface area contributed by atoms with Gasteiger partial charge in [0.2, 0.25) is 0 Å². The Morgan fingerprint density at radius 1 is 0.410 bits per heavy atom. The van der Waals surface area contributed by atoms with Crippen molar-refractivity contribution in [2.45, 2.75) is 149 Å². The van der Waals surface area contributed by atoms with Crippen molar-refractivity contribution in [3.8, 4) is 0 Å². The van der Waals surface area contributed by atoms with E-state index in [0.29, 0.717) is 11.1 Å². The summed E-state index contributed by atoms with van der Waals surface area (Å²) in [6.07, 6.45) is 26.1. The summed E-state index contributed by atoms with van der Waals surface area (Å²) >= 11 is 0. The van der Waals surface area contributed by atoms with Gasteiger partial charge in [-0.1, -0.05) is 165 Å². The summed E-state index contributed by atoms with van der Waals surface area (Å²) in [5.41, 5.74) is 3.84. The van der Waals surface area contributed by atoms with Crippen molar-refractivity contribution >= 4 is 11.6 Å². The van der Waals surface area contributed by atoms with E-state index in [1.807, 2.05) is 24.3 Å². The molecule has 0 fully saturated rings. The molecule has 0 atom stereocenters. The van der Waals surface area contributed by atoms with Gasteiger partial charge < -0.3 is 0 Å². The van der Waals surface area contributed by atoms with Gasteiger partial charge in [-0.25, -0.2) is 0 Å². The van der Waals surface area contributed by atoms with Gasteiger partial charge in [-0.15, -0.1) is 0 Å². The van der Waals surface area contributed by atoms with E-state index < -0.39 is 0 Å². The molecule has 0 unspecified atom stereocenters. The van der Waals surface area contributed by atoms with Crippen molar-refractivity contribution in [2.24, 2.45) is 0 Å². The molecule has 2 nitrogen and oxygen atoms in total. The molecule has 0 spiro atoms. The zero-order valence-electron chi connectivity index (χ0n) is 25.3. The Labute approximate surface area is 240 Å². The van der Waals surface area contributed by atoms with E-state index in [1.165, 1.54) is 127 Å². The first-order valence-corrected chi connectivity index (χ1v) is 16.4. The number of rotatable bonds is 24. The molecular formula is C37H56O2. The van der Waals surface area contributed by atoms with Crippen LogP contribution in [0.4, 0.5) is 0 Å². The maximum atomic E-state index is 12.7. The zero-order chi connectivity index (χ0) is 28.0. The molecule has 0 heterocycles. The Bertz CT molecular complexity index is 819. The average Bonchev–Trinajstić information content (AvgIpc) is 2.96. The quantitative estimate of drug-likeness (QED) is 0.0765. The lowest BCUT2D eigenvalue weighted by Crippen LogP contribution is -2.08. The Morgan fingerprint density at radius 3 is 1.00 bits per heavy atom. The van der Waals surface area contributed by atoms with Crippen LogP contribution in [0, 0.1) is 0 Å². The molecule has 216 valence electrons. The van der Waals surface area contributed by atoms with Crippen LogP contribution in [0.3, 0.4) is 0 Å². The molecule has 0 bridgehead atoms. The van der Waals surface area contributed by atoms with Crippen molar-refractivity contribution in [3.63, 3.8) is 0 Å². The van der Waals surface area contributed by atoms with Crippen LogP contribution in [-0.4, -0.2) is 11.6 Å². The van der Waals surface area contributed by atoms with E-state index in [0.717, 1.165) is 12.8 Å². The summed E-state index contributed by atoms with van der Waals surface area (Å²) in [4.78, 5) is 25.4. The molecule has 2 aromatic rings. The van der Waals surface area contributed by atoms with E-state index in [9.17, 15) is 9.59 Å². The molecule has 0 amide bonds. The minimum Gasteiger partial charge on any atom is -0.294 e. The van der Waals surface area contributed by atoms with Gasteiger partial charge in [-0.3, -0.25) is 9.59 Å². The van der Waals surface area contributed by atoms with Crippen molar-refractivity contribution in [1.29, 1.82) is 0 Å². The monoisotopic (exact) mass is 532 g/mol. The molecule has 0 N–H and O–H groups in total. The lowest BCUT2D eigenvalue weighted by atomic mass is 9.98. The second kappa shape index (κ2) is 21.6. The number of unbranched alkanes of at least 4 members (excludes halogenated alkanes) is 16. The van der Waals surface area contributed by atoms with Crippen molar-refractivity contribution in [1.82, 2.24) is 0 Å². The second-order valence-electron chi connectivity index (χ2n) is 11.6. The summed E-state index contributed by atoms with van der Waals surface area (Å²) in [5, 5.41) is 0. The summed E-state index contributed by atoms with van der Waals surface area (Å²) in [5.74, 6) is -0.179. The number of Topliss-reactive ketones (excluding diaryl/α,β-unsaturated/α-hetero) is 2. The topological polar surface area (TPSA) is 34.1 Å². The third kappa shape index (κ3) is 15.2. The predicted octanol–water partition coefficient (Wildman–Crippen LogP) is 11.3. The molecule has 2 rings (SSSR count). The molecule has 0 aromatic heterocycles. The first-order valence-electron chi connectivity index (χ1n) is 16.4. The fourth-order valence-electron chi connectivity index (χ4n) is 5.34. The van der Waals surface area contributed by atoms with Crippen LogP contribution in [0.25, 0.3) is 0 Å². The Morgan fingerprint density at radius 2 is 0.692 bits per heavy atom. The van der Waals surface area contributed by atoms with E-state index >= 15 is 0 Å². The van der Waals surface area contributed by atoms with Crippen molar-refractivity contribution in [2.75, 3.05) is 0 Å². The second-order valence-corrected chi connectivity index (χ2v) is 11.6. The van der Waals surface area contributed by atoms with Gasteiger partial charge in [-0.05, 0) is 36.8 Å². The number of aryl methyl sites for hydroxylation is 2. The smallest absolute Gasteiger partial charge is 0.170 e. The highest BCUT2D eigenvalue weighted by molar-refractivity contribution is 6.13. The largest absolute Gasteiger partial charge is 0.294 e. The van der Waals surface area contributed by atoms with E-state index in [2.05, 4.69) is 38.1 Å². The SMILES string of the molecule is CCCCCCCCCCCc1ccc(C(=O)CC(=O)c2ccc(CCCCCCCCCCC)cc2)cc1. The number of ketones is 2. The minimum absolute atomic E-state index is 0.0603. The van der Waals surface area contributed by atoms with Crippen molar-refractivity contribution < 1.29 is 9.59 Å². The zero-order valence-corrected chi connectivity index (χ0v) is 25.3. The first kappa shape index (κ1) is 33.0. The van der Waals surface area contributed by atoms with E-state index in [1.54, 1.807) is 0 Å². The molecule has 2 aromatic carbocycles. The molecule has 0 saturated carbocycles. The molecule has 2 heteroatoms. The fraction of sp³-hybridized carbons (Fsp3) is 0.622. The molecule has 0 radical (unpaired) electrons. The third-order valence-corrected chi connectivity index (χ3v) is 8.01. The van der Waals surface area contributed by atoms with Gasteiger partial charge >= 0.3 is 0 Å². The highest BCUT2D eigenvalue weighted by atomic mass is 16.1. The maximum absolute atomic E-state index is 12.7. The molecule has 0 aliphatic carbocycles. The van der Waals surface area contributed by atoms with Gasteiger partial charge in [0.15, 0.2) is 11.6 Å². The van der Waals surface area contributed by atoms with E-state index in [4.69, 9.17) is 0 Å². The average molecular weight is 533 g/mol. The van der Waals surface area contributed by atoms with Crippen LogP contribution < -0.4 is 0 Å². The van der Waals surface area contributed by atoms with Crippen LogP contribution >= 0.6 is 0 Å². The molecule has 39 heavy (non-hydrogen) atoms. The third-order valence-electron chi connectivity index (χ3n) is 8.01. The normalized spacial score (nSPS) is 11.1. The highest BCUT2D eigenvalue weighted by Crippen LogP contribution is 2.16. The van der Waals surface area contributed by atoms with Gasteiger partial charge in [0.1, 0.15) is 0 Å². The van der Waals surface area contributed by atoms with Gasteiger partial charge in [0, 0.05) is 11.1 Å². The van der Waals surface area contributed by atoms with Crippen LogP contribution in [-0.2, 0) is 12.8 Å². The predicted molar refractivity (Wildman–Crippen MR) is 168 cm³/mol. The van der Waals surface area contributed by atoms with Crippen LogP contribution in [0.1, 0.15) is 168 Å². The summed E-state index contributed by atoms with van der Waals surface area (Å²) in [6.45, 7) is 4.53. The van der Waals surface area contributed by atoms with Crippen molar-refractivity contribution in [3.05, 3.63) is 70.8 Å². The van der Waals surface area contributed by atoms with Gasteiger partial charge in [-0.2, -0.15) is 0 Å². The van der Waals surface area contributed by atoms with E-state index in [-0.39, 0.29) is 18.0 Å². The van der Waals surface area contributed by atoms with Crippen LogP contribution in [0.5, 0.6) is 0 Å². The molecule has 0 aliphatic rings. The summed E-state index contributed by atoms with van der Waals surface area (Å²) in [7, 11) is 0. The summed E-state index contributed by atoms with van der Waals surface area (Å²) in [6, 6.07) is 15.8. The lowest BCUT2D eigenvalue weighted by molar-refractivity contribution is 0.0894. The number of carbonyl (C=O) groups excluding carboxylic acids is 2.